The minimum absolute atomic E-state index is 0.198. The third kappa shape index (κ3) is 3.37. The summed E-state index contributed by atoms with van der Waals surface area (Å²) in [6.07, 6.45) is 3.50. The summed E-state index contributed by atoms with van der Waals surface area (Å²) in [5.41, 5.74) is 6.34. The van der Waals surface area contributed by atoms with Gasteiger partial charge < -0.3 is 10.6 Å². The largest absolute Gasteiger partial charge is 0.329 e. The highest BCUT2D eigenvalue weighted by Crippen LogP contribution is 2.29. The van der Waals surface area contributed by atoms with Gasteiger partial charge in [0, 0.05) is 23.0 Å². The molecule has 108 valence electrons. The molecule has 0 spiro atoms. The fraction of sp³-hybridized carbons (Fsp3) is 0.733. The fourth-order valence-corrected chi connectivity index (χ4v) is 3.89. The van der Waals surface area contributed by atoms with Gasteiger partial charge in [0.25, 0.3) is 0 Å². The third-order valence-electron chi connectivity index (χ3n) is 4.78. The molecule has 2 N–H and O–H groups in total. The molecule has 3 nitrogen and oxygen atoms in total. The summed E-state index contributed by atoms with van der Waals surface area (Å²) in [5, 5.41) is 2.16. The number of likely N-dealkylation sites (N-methyl/N-ethyl adjacent to an activating group) is 1. The molecule has 0 amide bonds. The average molecular weight is 281 g/mol. The van der Waals surface area contributed by atoms with Gasteiger partial charge >= 0.3 is 0 Å². The van der Waals surface area contributed by atoms with Crippen LogP contribution in [0.5, 0.6) is 0 Å². The number of likely N-dealkylation sites (tertiary alicyclic amines) is 1. The quantitative estimate of drug-likeness (QED) is 0.896. The number of hydrogen-bond acceptors (Lipinski definition) is 4. The van der Waals surface area contributed by atoms with Gasteiger partial charge in [-0.05, 0) is 64.8 Å². The van der Waals surface area contributed by atoms with E-state index in [1.807, 2.05) is 11.3 Å². The normalized spacial score (nSPS) is 21.7. The Morgan fingerprint density at radius 1 is 1.47 bits per heavy atom. The fourth-order valence-electron chi connectivity index (χ4n) is 3.06. The molecule has 1 aliphatic heterocycles. The summed E-state index contributed by atoms with van der Waals surface area (Å²) >= 11 is 1.86. The van der Waals surface area contributed by atoms with Crippen LogP contribution >= 0.6 is 11.3 Å². The number of hydrogen-bond donors (Lipinski definition) is 1. The van der Waals surface area contributed by atoms with E-state index in [9.17, 15) is 0 Å². The van der Waals surface area contributed by atoms with Crippen LogP contribution in [0.25, 0.3) is 0 Å². The Bertz CT molecular complexity index is 369. The summed E-state index contributed by atoms with van der Waals surface area (Å²) in [7, 11) is 4.46. The predicted octanol–water partition coefficient (Wildman–Crippen LogP) is 2.03. The topological polar surface area (TPSA) is 32.5 Å². The predicted molar refractivity (Wildman–Crippen MR) is 83.8 cm³/mol. The van der Waals surface area contributed by atoms with Crippen molar-refractivity contribution in [3.63, 3.8) is 0 Å². The van der Waals surface area contributed by atoms with Gasteiger partial charge in [0.15, 0.2) is 0 Å². The van der Waals surface area contributed by atoms with Crippen molar-refractivity contribution in [1.82, 2.24) is 9.80 Å². The second-order valence-corrected chi connectivity index (χ2v) is 7.01. The van der Waals surface area contributed by atoms with Crippen molar-refractivity contribution in [3.05, 3.63) is 22.4 Å². The highest BCUT2D eigenvalue weighted by atomic mass is 32.1. The summed E-state index contributed by atoms with van der Waals surface area (Å²) in [4.78, 5) is 6.42. The van der Waals surface area contributed by atoms with E-state index >= 15 is 0 Å². The van der Waals surface area contributed by atoms with Gasteiger partial charge in [-0.15, -0.1) is 11.3 Å². The lowest BCUT2D eigenvalue weighted by molar-refractivity contribution is 0.0281. The summed E-state index contributed by atoms with van der Waals surface area (Å²) < 4.78 is 0. The van der Waals surface area contributed by atoms with E-state index in [1.165, 1.54) is 17.7 Å². The monoisotopic (exact) mass is 281 g/mol. The zero-order valence-corrected chi connectivity index (χ0v) is 13.2. The van der Waals surface area contributed by atoms with Gasteiger partial charge in [0.2, 0.25) is 0 Å². The molecule has 1 atom stereocenters. The first kappa shape index (κ1) is 15.0. The number of nitrogens with zero attached hydrogens (tertiary/aromatic N) is 2. The van der Waals surface area contributed by atoms with E-state index in [0.717, 1.165) is 26.1 Å². The molecule has 1 unspecified atom stereocenters. The Kier molecular flexibility index (Phi) is 5.01. The lowest BCUT2D eigenvalue weighted by Gasteiger charge is -2.48. The molecule has 0 bridgehead atoms. The van der Waals surface area contributed by atoms with E-state index in [-0.39, 0.29) is 5.54 Å². The minimum atomic E-state index is 0.198. The van der Waals surface area contributed by atoms with E-state index in [0.29, 0.717) is 6.04 Å². The van der Waals surface area contributed by atoms with Crippen molar-refractivity contribution in [1.29, 1.82) is 0 Å². The second-order valence-electron chi connectivity index (χ2n) is 5.98. The zero-order valence-electron chi connectivity index (χ0n) is 12.4. The molecule has 2 heterocycles. The molecule has 1 saturated heterocycles. The van der Waals surface area contributed by atoms with Crippen LogP contribution in [0.3, 0.4) is 0 Å². The first-order valence-electron chi connectivity index (χ1n) is 7.21. The lowest BCUT2D eigenvalue weighted by Crippen LogP contribution is -2.60. The standard InChI is InChI=1S/C15H27N3S/c1-13(11-14-5-4-10-19-14)18(3)15(12-16)6-8-17(2)9-7-15/h4-5,10,13H,6-9,11-12,16H2,1-3H3. The van der Waals surface area contributed by atoms with Crippen LogP contribution < -0.4 is 5.73 Å². The van der Waals surface area contributed by atoms with Crippen molar-refractivity contribution in [3.8, 4) is 0 Å². The number of piperidine rings is 1. The van der Waals surface area contributed by atoms with E-state index < -0.39 is 0 Å². The molecule has 0 aromatic carbocycles. The molecular formula is C15H27N3S. The SMILES string of the molecule is CC(Cc1cccs1)N(C)C1(CN)CCN(C)CC1. The molecule has 4 heteroatoms. The number of rotatable bonds is 5. The van der Waals surface area contributed by atoms with Crippen LogP contribution in [-0.4, -0.2) is 55.1 Å². The van der Waals surface area contributed by atoms with Crippen LogP contribution in [0.15, 0.2) is 17.5 Å². The molecular weight excluding hydrogens is 254 g/mol. The van der Waals surface area contributed by atoms with Gasteiger partial charge in [-0.3, -0.25) is 4.90 Å². The Balaban J connectivity index is 2.01. The minimum Gasteiger partial charge on any atom is -0.329 e. The van der Waals surface area contributed by atoms with Crippen LogP contribution in [0.1, 0.15) is 24.6 Å². The van der Waals surface area contributed by atoms with Gasteiger partial charge in [-0.2, -0.15) is 0 Å². The van der Waals surface area contributed by atoms with Crippen molar-refractivity contribution in [2.45, 2.75) is 37.8 Å². The Morgan fingerprint density at radius 3 is 2.68 bits per heavy atom. The van der Waals surface area contributed by atoms with E-state index in [1.54, 1.807) is 0 Å². The van der Waals surface area contributed by atoms with Crippen LogP contribution in [-0.2, 0) is 6.42 Å². The summed E-state index contributed by atoms with van der Waals surface area (Å²) in [5.74, 6) is 0. The van der Waals surface area contributed by atoms with Crippen molar-refractivity contribution < 1.29 is 0 Å². The Morgan fingerprint density at radius 2 is 2.16 bits per heavy atom. The number of nitrogens with two attached hydrogens (primary N) is 1. The maximum atomic E-state index is 6.14. The third-order valence-corrected chi connectivity index (χ3v) is 5.68. The molecule has 0 saturated carbocycles. The van der Waals surface area contributed by atoms with Crippen LogP contribution in [0.2, 0.25) is 0 Å². The van der Waals surface area contributed by atoms with Gasteiger partial charge in [0.05, 0.1) is 0 Å². The Labute approximate surface area is 121 Å². The Hall–Kier alpha value is -0.420. The van der Waals surface area contributed by atoms with Crippen molar-refractivity contribution >= 4 is 11.3 Å². The first-order valence-corrected chi connectivity index (χ1v) is 8.09. The molecule has 0 radical (unpaired) electrons. The molecule has 19 heavy (non-hydrogen) atoms. The van der Waals surface area contributed by atoms with Gasteiger partial charge in [0.1, 0.15) is 0 Å². The molecule has 2 rings (SSSR count). The molecule has 0 aliphatic carbocycles. The maximum Gasteiger partial charge on any atom is 0.0355 e. The van der Waals surface area contributed by atoms with Crippen molar-refractivity contribution in [2.24, 2.45) is 5.73 Å². The van der Waals surface area contributed by atoms with Crippen LogP contribution in [0.4, 0.5) is 0 Å². The zero-order chi connectivity index (χ0) is 13.9. The highest BCUT2D eigenvalue weighted by molar-refractivity contribution is 7.09. The average Bonchev–Trinajstić information content (AvgIpc) is 2.92. The molecule has 1 aromatic rings. The van der Waals surface area contributed by atoms with E-state index in [4.69, 9.17) is 5.73 Å². The molecule has 1 fully saturated rings. The molecule has 1 aliphatic rings. The smallest absolute Gasteiger partial charge is 0.0355 e. The van der Waals surface area contributed by atoms with Gasteiger partial charge in [-0.1, -0.05) is 6.07 Å². The van der Waals surface area contributed by atoms with E-state index in [2.05, 4.69) is 48.3 Å². The maximum absolute atomic E-state index is 6.14. The summed E-state index contributed by atoms with van der Waals surface area (Å²) in [6, 6.07) is 4.92. The molecule has 1 aromatic heterocycles. The highest BCUT2D eigenvalue weighted by Gasteiger charge is 2.38. The second kappa shape index (κ2) is 6.35. The summed E-state index contributed by atoms with van der Waals surface area (Å²) in [6.45, 7) is 5.42. The first-order chi connectivity index (χ1) is 9.07. The van der Waals surface area contributed by atoms with Crippen molar-refractivity contribution in [2.75, 3.05) is 33.7 Å². The lowest BCUT2D eigenvalue weighted by atomic mass is 9.85. The number of thiophene rings is 1. The van der Waals surface area contributed by atoms with Crippen LogP contribution in [0, 0.1) is 0 Å². The van der Waals surface area contributed by atoms with Gasteiger partial charge in [-0.25, -0.2) is 0 Å².